The topological polar surface area (TPSA) is 92.9 Å². The first-order valence-corrected chi connectivity index (χ1v) is 9.04. The van der Waals surface area contributed by atoms with Gasteiger partial charge in [0, 0.05) is 24.6 Å². The SMILES string of the molecule is O=C(N[C@H]1CC[C@](O)(c2ccccc2)CC1)c1nccc(-n2ccnc2)n1. The van der Waals surface area contributed by atoms with Crippen molar-refractivity contribution in [1.82, 2.24) is 24.8 Å². The lowest BCUT2D eigenvalue weighted by molar-refractivity contribution is -0.00807. The molecule has 0 spiro atoms. The van der Waals surface area contributed by atoms with Crippen molar-refractivity contribution < 1.29 is 9.90 Å². The number of benzene rings is 1. The molecule has 2 N–H and O–H groups in total. The second kappa shape index (κ2) is 7.28. The molecule has 0 radical (unpaired) electrons. The predicted molar refractivity (Wildman–Crippen MR) is 99.2 cm³/mol. The van der Waals surface area contributed by atoms with Gasteiger partial charge in [0.2, 0.25) is 5.82 Å². The average molecular weight is 363 g/mol. The number of amides is 1. The molecule has 0 bridgehead atoms. The molecular formula is C20H21N5O2. The molecule has 0 aliphatic heterocycles. The van der Waals surface area contributed by atoms with Gasteiger partial charge in [-0.3, -0.25) is 9.36 Å². The number of hydrogen-bond donors (Lipinski definition) is 2. The fraction of sp³-hybridized carbons (Fsp3) is 0.300. The lowest BCUT2D eigenvalue weighted by atomic mass is 9.78. The maximum atomic E-state index is 12.5. The van der Waals surface area contributed by atoms with Crippen molar-refractivity contribution in [3.8, 4) is 5.82 Å². The Bertz CT molecular complexity index is 903. The van der Waals surface area contributed by atoms with Crippen molar-refractivity contribution in [2.24, 2.45) is 0 Å². The quantitative estimate of drug-likeness (QED) is 0.741. The maximum Gasteiger partial charge on any atom is 0.289 e. The third-order valence-corrected chi connectivity index (χ3v) is 5.07. The van der Waals surface area contributed by atoms with Crippen LogP contribution in [0.5, 0.6) is 0 Å². The van der Waals surface area contributed by atoms with Crippen molar-refractivity contribution in [1.29, 1.82) is 0 Å². The zero-order valence-electron chi connectivity index (χ0n) is 14.8. The highest BCUT2D eigenvalue weighted by Gasteiger charge is 2.35. The fourth-order valence-corrected chi connectivity index (χ4v) is 3.52. The highest BCUT2D eigenvalue weighted by Crippen LogP contribution is 2.36. The minimum atomic E-state index is -0.819. The number of carbonyl (C=O) groups excluding carboxylic acids is 1. The van der Waals surface area contributed by atoms with Gasteiger partial charge in [0.05, 0.1) is 5.60 Å². The number of carbonyl (C=O) groups is 1. The maximum absolute atomic E-state index is 12.5. The number of aromatic nitrogens is 4. The van der Waals surface area contributed by atoms with E-state index in [1.54, 1.807) is 35.6 Å². The number of nitrogens with zero attached hydrogens (tertiary/aromatic N) is 4. The van der Waals surface area contributed by atoms with E-state index in [4.69, 9.17) is 0 Å². The highest BCUT2D eigenvalue weighted by molar-refractivity contribution is 5.90. The van der Waals surface area contributed by atoms with Crippen LogP contribution in [0.1, 0.15) is 41.9 Å². The Balaban J connectivity index is 1.39. The number of aliphatic hydroxyl groups is 1. The van der Waals surface area contributed by atoms with Crippen LogP contribution in [0.25, 0.3) is 5.82 Å². The van der Waals surface area contributed by atoms with Gasteiger partial charge in [0.25, 0.3) is 5.91 Å². The summed E-state index contributed by atoms with van der Waals surface area (Å²) in [5.74, 6) is 0.423. The van der Waals surface area contributed by atoms with Gasteiger partial charge < -0.3 is 10.4 Å². The fourth-order valence-electron chi connectivity index (χ4n) is 3.52. The third-order valence-electron chi connectivity index (χ3n) is 5.07. The van der Waals surface area contributed by atoms with Gasteiger partial charge in [0.15, 0.2) is 0 Å². The molecule has 4 rings (SSSR count). The standard InChI is InChI=1S/C20H21N5O2/c26-19(18-22-11-8-17(24-18)25-13-12-21-14-25)23-16-6-9-20(27,10-7-16)15-4-2-1-3-5-15/h1-5,8,11-14,16,27H,6-7,9-10H2,(H,23,26)/t16-,20+. The molecule has 7 nitrogen and oxygen atoms in total. The summed E-state index contributed by atoms with van der Waals surface area (Å²) in [6, 6.07) is 11.4. The van der Waals surface area contributed by atoms with Gasteiger partial charge in [0.1, 0.15) is 12.1 Å². The zero-order chi connectivity index (χ0) is 18.7. The molecule has 1 aromatic carbocycles. The normalized spacial score (nSPS) is 22.3. The summed E-state index contributed by atoms with van der Waals surface area (Å²) < 4.78 is 1.72. The van der Waals surface area contributed by atoms with E-state index in [9.17, 15) is 9.90 Å². The van der Waals surface area contributed by atoms with Crippen LogP contribution in [0, 0.1) is 0 Å². The molecule has 27 heavy (non-hydrogen) atoms. The van der Waals surface area contributed by atoms with E-state index in [1.165, 1.54) is 0 Å². The molecule has 0 saturated heterocycles. The lowest BCUT2D eigenvalue weighted by Crippen LogP contribution is -2.42. The van der Waals surface area contributed by atoms with Crippen molar-refractivity contribution in [3.63, 3.8) is 0 Å². The summed E-state index contributed by atoms with van der Waals surface area (Å²) in [7, 11) is 0. The summed E-state index contributed by atoms with van der Waals surface area (Å²) in [6.07, 6.45) is 9.22. The van der Waals surface area contributed by atoms with E-state index < -0.39 is 5.60 Å². The Morgan fingerprint density at radius 1 is 1.15 bits per heavy atom. The summed E-state index contributed by atoms with van der Waals surface area (Å²) in [5.41, 5.74) is 0.117. The molecule has 1 aliphatic rings. The van der Waals surface area contributed by atoms with Crippen LogP contribution in [0.2, 0.25) is 0 Å². The molecule has 3 aromatic rings. The number of rotatable bonds is 4. The minimum Gasteiger partial charge on any atom is -0.385 e. The first-order valence-electron chi connectivity index (χ1n) is 9.04. The van der Waals surface area contributed by atoms with Crippen LogP contribution >= 0.6 is 0 Å². The van der Waals surface area contributed by atoms with Gasteiger partial charge in [-0.2, -0.15) is 0 Å². The van der Waals surface area contributed by atoms with Gasteiger partial charge in [-0.05, 0) is 37.3 Å². The van der Waals surface area contributed by atoms with E-state index >= 15 is 0 Å². The molecule has 1 saturated carbocycles. The van der Waals surface area contributed by atoms with Crippen LogP contribution in [-0.2, 0) is 5.60 Å². The molecule has 1 fully saturated rings. The molecule has 2 aromatic heterocycles. The Morgan fingerprint density at radius 3 is 2.63 bits per heavy atom. The van der Waals surface area contributed by atoms with Gasteiger partial charge in [-0.1, -0.05) is 30.3 Å². The van der Waals surface area contributed by atoms with Crippen LogP contribution in [0.15, 0.2) is 61.3 Å². The molecule has 1 amide bonds. The van der Waals surface area contributed by atoms with Gasteiger partial charge >= 0.3 is 0 Å². The molecule has 0 atom stereocenters. The monoisotopic (exact) mass is 363 g/mol. The van der Waals surface area contributed by atoms with Gasteiger partial charge in [-0.15, -0.1) is 0 Å². The predicted octanol–water partition coefficient (Wildman–Crippen LogP) is 2.22. The number of nitrogens with one attached hydrogen (secondary N) is 1. The van der Waals surface area contributed by atoms with Gasteiger partial charge in [-0.25, -0.2) is 15.0 Å². The Labute approximate surface area is 157 Å². The highest BCUT2D eigenvalue weighted by atomic mass is 16.3. The lowest BCUT2D eigenvalue weighted by Gasteiger charge is -2.36. The third kappa shape index (κ3) is 3.73. The summed E-state index contributed by atoms with van der Waals surface area (Å²) in [6.45, 7) is 0. The minimum absolute atomic E-state index is 0.00184. The Morgan fingerprint density at radius 2 is 1.93 bits per heavy atom. The van der Waals surface area contributed by atoms with Crippen LogP contribution in [0.3, 0.4) is 0 Å². The second-order valence-electron chi connectivity index (χ2n) is 6.85. The van der Waals surface area contributed by atoms with Crippen LogP contribution < -0.4 is 5.32 Å². The first-order chi connectivity index (χ1) is 13.1. The smallest absolute Gasteiger partial charge is 0.289 e. The molecule has 2 heterocycles. The zero-order valence-corrected chi connectivity index (χ0v) is 14.8. The van der Waals surface area contributed by atoms with E-state index in [1.807, 2.05) is 30.3 Å². The number of imidazole rings is 1. The largest absolute Gasteiger partial charge is 0.385 e. The summed E-state index contributed by atoms with van der Waals surface area (Å²) in [5, 5.41) is 13.9. The van der Waals surface area contributed by atoms with E-state index in [2.05, 4.69) is 20.3 Å². The molecule has 0 unspecified atom stereocenters. The molecule has 138 valence electrons. The molecular weight excluding hydrogens is 342 g/mol. The first kappa shape index (κ1) is 17.4. The van der Waals surface area contributed by atoms with E-state index in [0.717, 1.165) is 5.56 Å². The summed E-state index contributed by atoms with van der Waals surface area (Å²) >= 11 is 0. The Hall–Kier alpha value is -3.06. The molecule has 7 heteroatoms. The van der Waals surface area contributed by atoms with Crippen LogP contribution in [0.4, 0.5) is 0 Å². The van der Waals surface area contributed by atoms with Crippen molar-refractivity contribution in [2.75, 3.05) is 0 Å². The van der Waals surface area contributed by atoms with E-state index in [-0.39, 0.29) is 17.8 Å². The average Bonchev–Trinajstić information content (AvgIpc) is 3.26. The van der Waals surface area contributed by atoms with Crippen molar-refractivity contribution in [3.05, 3.63) is 72.7 Å². The summed E-state index contributed by atoms with van der Waals surface area (Å²) in [4.78, 5) is 24.9. The van der Waals surface area contributed by atoms with Crippen molar-refractivity contribution >= 4 is 5.91 Å². The number of hydrogen-bond acceptors (Lipinski definition) is 5. The van der Waals surface area contributed by atoms with Crippen molar-refractivity contribution in [2.45, 2.75) is 37.3 Å². The van der Waals surface area contributed by atoms with Crippen LogP contribution in [-0.4, -0.2) is 36.6 Å². The second-order valence-corrected chi connectivity index (χ2v) is 6.85. The molecule has 1 aliphatic carbocycles. The van der Waals surface area contributed by atoms with E-state index in [0.29, 0.717) is 31.5 Å². The Kier molecular flexibility index (Phi) is 4.68.